The van der Waals surface area contributed by atoms with E-state index in [-0.39, 0.29) is 12.1 Å². The Hall–Kier alpha value is -2.95. The van der Waals surface area contributed by atoms with Crippen LogP contribution >= 0.6 is 0 Å². The fourth-order valence-electron chi connectivity index (χ4n) is 2.80. The quantitative estimate of drug-likeness (QED) is 0.684. The molecule has 0 saturated carbocycles. The molecule has 5 heteroatoms. The Morgan fingerprint density at radius 3 is 2.23 bits per heavy atom. The van der Waals surface area contributed by atoms with E-state index in [1.165, 1.54) is 11.1 Å². The molecule has 134 valence electrons. The van der Waals surface area contributed by atoms with Crippen LogP contribution in [-0.2, 0) is 6.54 Å². The highest BCUT2D eigenvalue weighted by Gasteiger charge is 2.16. The fourth-order valence-corrected chi connectivity index (χ4v) is 2.80. The Morgan fingerprint density at radius 1 is 0.923 bits per heavy atom. The lowest BCUT2D eigenvalue weighted by Gasteiger charge is -2.27. The first-order chi connectivity index (χ1) is 12.6. The van der Waals surface area contributed by atoms with Gasteiger partial charge < -0.3 is 10.2 Å². The lowest BCUT2D eigenvalue weighted by molar-refractivity contribution is 0.652. The molecule has 5 nitrogen and oxygen atoms in total. The summed E-state index contributed by atoms with van der Waals surface area (Å²) in [6, 6.07) is 21.0. The minimum Gasteiger partial charge on any atom is -0.362 e. The number of nitrogens with zero attached hydrogens (tertiary/aromatic N) is 4. The summed E-state index contributed by atoms with van der Waals surface area (Å²) in [5.74, 6) is 1.36. The number of hydrogen-bond acceptors (Lipinski definition) is 5. The van der Waals surface area contributed by atoms with Crippen molar-refractivity contribution in [3.8, 4) is 0 Å². The van der Waals surface area contributed by atoms with Crippen LogP contribution in [0.15, 0.2) is 66.9 Å². The summed E-state index contributed by atoms with van der Waals surface area (Å²) < 4.78 is 0. The number of aromatic nitrogens is 3. The molecule has 0 bridgehead atoms. The van der Waals surface area contributed by atoms with Crippen molar-refractivity contribution in [3.63, 3.8) is 0 Å². The van der Waals surface area contributed by atoms with Crippen LogP contribution in [0.3, 0.4) is 0 Å². The number of hydrogen-bond donors (Lipinski definition) is 1. The molecule has 1 unspecified atom stereocenters. The van der Waals surface area contributed by atoms with Gasteiger partial charge in [-0.1, -0.05) is 60.7 Å². The van der Waals surface area contributed by atoms with Crippen molar-refractivity contribution in [1.29, 1.82) is 0 Å². The molecular weight excluding hydrogens is 322 g/mol. The highest BCUT2D eigenvalue weighted by Crippen LogP contribution is 2.20. The molecule has 2 aromatic carbocycles. The molecule has 0 aliphatic rings. The van der Waals surface area contributed by atoms with E-state index < -0.39 is 0 Å². The first kappa shape index (κ1) is 17.9. The smallest absolute Gasteiger partial charge is 0.247 e. The van der Waals surface area contributed by atoms with E-state index in [4.69, 9.17) is 4.98 Å². The summed E-state index contributed by atoms with van der Waals surface area (Å²) in [5, 5.41) is 11.8. The van der Waals surface area contributed by atoms with Crippen molar-refractivity contribution < 1.29 is 0 Å². The number of anilines is 2. The van der Waals surface area contributed by atoms with E-state index in [1.54, 1.807) is 6.20 Å². The lowest BCUT2D eigenvalue weighted by Crippen LogP contribution is -2.32. The molecule has 1 atom stereocenters. The molecule has 0 radical (unpaired) electrons. The molecule has 0 amide bonds. The molecule has 0 spiro atoms. The van der Waals surface area contributed by atoms with E-state index in [0.29, 0.717) is 5.95 Å². The van der Waals surface area contributed by atoms with Gasteiger partial charge in [0.15, 0.2) is 5.82 Å². The van der Waals surface area contributed by atoms with Crippen molar-refractivity contribution in [3.05, 3.63) is 78.0 Å². The average Bonchev–Trinajstić information content (AvgIpc) is 2.67. The molecule has 26 heavy (non-hydrogen) atoms. The van der Waals surface area contributed by atoms with Crippen molar-refractivity contribution >= 4 is 11.8 Å². The summed E-state index contributed by atoms with van der Waals surface area (Å²) in [5.41, 5.74) is 2.43. The second-order valence-electron chi connectivity index (χ2n) is 6.63. The van der Waals surface area contributed by atoms with Gasteiger partial charge in [-0.3, -0.25) is 0 Å². The topological polar surface area (TPSA) is 53.9 Å². The maximum atomic E-state index is 4.70. The van der Waals surface area contributed by atoms with Gasteiger partial charge in [-0.05, 0) is 31.9 Å². The largest absolute Gasteiger partial charge is 0.362 e. The standard InChI is InChI=1S/C21H25N5/c1-16(2)26(15-18-10-6-4-7-11-18)21-24-20(14-22-25-21)23-17(3)19-12-8-5-9-13-19/h4-14,16-17H,15H2,1-3H3,(H,23,24,25). The lowest BCUT2D eigenvalue weighted by atomic mass is 10.1. The van der Waals surface area contributed by atoms with E-state index >= 15 is 0 Å². The van der Waals surface area contributed by atoms with Crippen LogP contribution in [0, 0.1) is 0 Å². The fraction of sp³-hybridized carbons (Fsp3) is 0.286. The van der Waals surface area contributed by atoms with E-state index in [2.05, 4.69) is 65.5 Å². The molecule has 3 aromatic rings. The van der Waals surface area contributed by atoms with Crippen LogP contribution in [0.4, 0.5) is 11.8 Å². The van der Waals surface area contributed by atoms with Crippen LogP contribution < -0.4 is 10.2 Å². The second-order valence-corrected chi connectivity index (χ2v) is 6.63. The molecule has 1 N–H and O–H groups in total. The molecule has 3 rings (SSSR count). The SMILES string of the molecule is CC(Nc1cnnc(N(Cc2ccccc2)C(C)C)n1)c1ccccc1. The maximum absolute atomic E-state index is 4.70. The highest BCUT2D eigenvalue weighted by atomic mass is 15.3. The van der Waals surface area contributed by atoms with Crippen molar-refractivity contribution in [2.24, 2.45) is 0 Å². The third-order valence-electron chi connectivity index (χ3n) is 4.29. The van der Waals surface area contributed by atoms with E-state index in [0.717, 1.165) is 12.4 Å². The third-order valence-corrected chi connectivity index (χ3v) is 4.29. The summed E-state index contributed by atoms with van der Waals surface area (Å²) in [6.45, 7) is 7.14. The highest BCUT2D eigenvalue weighted by molar-refractivity contribution is 5.42. The zero-order valence-corrected chi connectivity index (χ0v) is 15.5. The predicted molar refractivity (Wildman–Crippen MR) is 106 cm³/mol. The van der Waals surface area contributed by atoms with Gasteiger partial charge >= 0.3 is 0 Å². The van der Waals surface area contributed by atoms with Gasteiger partial charge in [0, 0.05) is 18.6 Å². The van der Waals surface area contributed by atoms with Gasteiger partial charge in [-0.25, -0.2) is 0 Å². The predicted octanol–water partition coefficient (Wildman–Crippen LogP) is 4.46. The molecule has 1 aromatic heterocycles. The minimum absolute atomic E-state index is 0.141. The number of rotatable bonds is 7. The zero-order valence-electron chi connectivity index (χ0n) is 15.5. The van der Waals surface area contributed by atoms with Crippen molar-refractivity contribution in [2.75, 3.05) is 10.2 Å². The Kier molecular flexibility index (Phi) is 5.79. The van der Waals surface area contributed by atoms with E-state index in [1.807, 2.05) is 36.4 Å². The van der Waals surface area contributed by atoms with Crippen molar-refractivity contribution in [1.82, 2.24) is 15.2 Å². The summed E-state index contributed by atoms with van der Waals surface area (Å²) in [7, 11) is 0. The molecule has 0 aliphatic heterocycles. The first-order valence-corrected chi connectivity index (χ1v) is 8.95. The van der Waals surface area contributed by atoms with Gasteiger partial charge in [0.1, 0.15) is 0 Å². The molecule has 0 saturated heterocycles. The van der Waals surface area contributed by atoms with Gasteiger partial charge in [0.2, 0.25) is 5.95 Å². The van der Waals surface area contributed by atoms with Crippen LogP contribution in [0.2, 0.25) is 0 Å². The van der Waals surface area contributed by atoms with Crippen molar-refractivity contribution in [2.45, 2.75) is 39.4 Å². The third kappa shape index (κ3) is 4.57. The normalized spacial score (nSPS) is 12.0. The van der Waals surface area contributed by atoms with Gasteiger partial charge in [0.25, 0.3) is 0 Å². The van der Waals surface area contributed by atoms with Crippen LogP contribution in [0.25, 0.3) is 0 Å². The Bertz CT molecular complexity index is 805. The Labute approximate surface area is 155 Å². The van der Waals surface area contributed by atoms with Gasteiger partial charge in [-0.15, -0.1) is 5.10 Å². The second kappa shape index (κ2) is 8.43. The molecule has 1 heterocycles. The van der Waals surface area contributed by atoms with Crippen LogP contribution in [0.1, 0.15) is 37.9 Å². The Morgan fingerprint density at radius 2 is 1.58 bits per heavy atom. The number of benzene rings is 2. The monoisotopic (exact) mass is 347 g/mol. The maximum Gasteiger partial charge on any atom is 0.247 e. The van der Waals surface area contributed by atoms with Gasteiger partial charge in [-0.2, -0.15) is 10.1 Å². The molecular formula is C21H25N5. The Balaban J connectivity index is 1.78. The van der Waals surface area contributed by atoms with Crippen LogP contribution in [-0.4, -0.2) is 21.2 Å². The zero-order chi connectivity index (χ0) is 18.4. The molecule has 0 fully saturated rings. The summed E-state index contributed by atoms with van der Waals surface area (Å²) >= 11 is 0. The summed E-state index contributed by atoms with van der Waals surface area (Å²) in [6.07, 6.45) is 1.67. The number of nitrogens with one attached hydrogen (secondary N) is 1. The first-order valence-electron chi connectivity index (χ1n) is 8.95. The minimum atomic E-state index is 0.141. The van der Waals surface area contributed by atoms with Crippen LogP contribution in [0.5, 0.6) is 0 Å². The van der Waals surface area contributed by atoms with E-state index in [9.17, 15) is 0 Å². The average molecular weight is 347 g/mol. The molecule has 0 aliphatic carbocycles. The van der Waals surface area contributed by atoms with Gasteiger partial charge in [0.05, 0.1) is 6.20 Å². The summed E-state index contributed by atoms with van der Waals surface area (Å²) in [4.78, 5) is 6.85.